The van der Waals surface area contributed by atoms with Crippen LogP contribution in [0.2, 0.25) is 0 Å². The van der Waals surface area contributed by atoms with Gasteiger partial charge >= 0.3 is 0 Å². The Kier molecular flexibility index (Phi) is 5.43. The number of nitrogens with zero attached hydrogens (tertiary/aromatic N) is 1. The zero-order valence-corrected chi connectivity index (χ0v) is 17.5. The maximum Gasteiger partial charge on any atom is 0.149 e. The lowest BCUT2D eigenvalue weighted by atomic mass is 9.47. The van der Waals surface area contributed by atoms with Gasteiger partial charge in [0, 0.05) is 6.42 Å². The van der Waals surface area contributed by atoms with Crippen LogP contribution in [0.25, 0.3) is 0 Å². The zero-order valence-electron chi connectivity index (χ0n) is 17.5. The van der Waals surface area contributed by atoms with Crippen LogP contribution in [0, 0.1) is 28.6 Å². The number of ketones is 1. The minimum Gasteiger partial charge on any atom is -0.395 e. The Bertz CT molecular complexity index is 687. The highest BCUT2D eigenvalue weighted by Gasteiger charge is 2.58. The summed E-state index contributed by atoms with van der Waals surface area (Å²) >= 11 is 0. The Morgan fingerprint density at radius 3 is 2.82 bits per heavy atom. The molecule has 28 heavy (non-hydrogen) atoms. The Morgan fingerprint density at radius 2 is 2.04 bits per heavy atom. The van der Waals surface area contributed by atoms with Crippen molar-refractivity contribution in [1.29, 1.82) is 0 Å². The highest BCUT2D eigenvalue weighted by Crippen LogP contribution is 2.65. The molecule has 4 aliphatic rings. The van der Waals surface area contributed by atoms with E-state index in [1.54, 1.807) is 5.57 Å². The fourth-order valence-corrected chi connectivity index (χ4v) is 7.01. The Morgan fingerprint density at radius 1 is 1.21 bits per heavy atom. The average Bonchev–Trinajstić information content (AvgIpc) is 3.00. The first kappa shape index (κ1) is 20.1. The standard InChI is InChI=1S/C23H36N2O3/c1-22-10-7-16(25-28-12-9-17(26)14-24)13-15(22)3-4-18-19-5-6-21(27)23(19,2)11-8-20(18)22/h13,18-21,27H,3-12,14,24H2,1-2H3. The number of hydrogen-bond donors (Lipinski definition) is 2. The molecule has 0 bridgehead atoms. The van der Waals surface area contributed by atoms with Gasteiger partial charge in [-0.05, 0) is 86.0 Å². The number of hydrogen-bond acceptors (Lipinski definition) is 5. The molecule has 3 fully saturated rings. The van der Waals surface area contributed by atoms with Crippen molar-refractivity contribution >= 4 is 11.5 Å². The number of carbonyl (C=O) groups is 1. The van der Waals surface area contributed by atoms with Crippen LogP contribution in [0.5, 0.6) is 0 Å². The monoisotopic (exact) mass is 388 g/mol. The number of carbonyl (C=O) groups excluding carboxylic acids is 1. The van der Waals surface area contributed by atoms with E-state index in [4.69, 9.17) is 10.6 Å². The lowest BCUT2D eigenvalue weighted by Crippen LogP contribution is -2.51. The molecule has 4 rings (SSSR count). The van der Waals surface area contributed by atoms with E-state index in [0.29, 0.717) is 18.9 Å². The lowest BCUT2D eigenvalue weighted by Gasteiger charge is -2.57. The summed E-state index contributed by atoms with van der Waals surface area (Å²) in [7, 11) is 0. The molecule has 3 N–H and O–H groups in total. The van der Waals surface area contributed by atoms with Crippen molar-refractivity contribution in [3.8, 4) is 0 Å². The topological polar surface area (TPSA) is 84.9 Å². The predicted molar refractivity (Wildman–Crippen MR) is 110 cm³/mol. The first-order valence-electron chi connectivity index (χ1n) is 11.2. The summed E-state index contributed by atoms with van der Waals surface area (Å²) < 4.78 is 0. The van der Waals surface area contributed by atoms with E-state index in [9.17, 15) is 9.90 Å². The molecule has 6 unspecified atom stereocenters. The number of oxime groups is 1. The zero-order chi connectivity index (χ0) is 19.9. The molecule has 0 aromatic carbocycles. The van der Waals surface area contributed by atoms with Gasteiger partial charge in [-0.3, -0.25) is 4.79 Å². The van der Waals surface area contributed by atoms with Crippen LogP contribution in [0.15, 0.2) is 16.8 Å². The van der Waals surface area contributed by atoms with Crippen molar-refractivity contribution in [2.45, 2.75) is 77.7 Å². The maximum atomic E-state index is 11.3. The Labute approximate surface area is 168 Å². The predicted octanol–water partition coefficient (Wildman–Crippen LogP) is 3.60. The molecule has 0 aliphatic heterocycles. The number of aliphatic hydroxyl groups is 1. The third-order valence-electron chi connectivity index (χ3n) is 8.81. The van der Waals surface area contributed by atoms with Crippen molar-refractivity contribution in [2.24, 2.45) is 39.5 Å². The quantitative estimate of drug-likeness (QED) is 0.557. The second-order valence-electron chi connectivity index (χ2n) is 10.0. The minimum absolute atomic E-state index is 0.00873. The molecule has 5 nitrogen and oxygen atoms in total. The number of allylic oxidation sites excluding steroid dienone is 2. The summed E-state index contributed by atoms with van der Waals surface area (Å²) in [5, 5.41) is 14.9. The van der Waals surface area contributed by atoms with Gasteiger partial charge in [0.15, 0.2) is 0 Å². The number of rotatable bonds is 5. The Hall–Kier alpha value is -1.20. The Balaban J connectivity index is 1.46. The van der Waals surface area contributed by atoms with Crippen LogP contribution in [-0.2, 0) is 9.63 Å². The third-order valence-corrected chi connectivity index (χ3v) is 8.81. The minimum atomic E-state index is -0.100. The van der Waals surface area contributed by atoms with E-state index in [1.165, 1.54) is 25.7 Å². The molecule has 0 aromatic rings. The lowest BCUT2D eigenvalue weighted by molar-refractivity contribution is -0.118. The third kappa shape index (κ3) is 3.24. The van der Waals surface area contributed by atoms with Gasteiger partial charge in [-0.25, -0.2) is 0 Å². The highest BCUT2D eigenvalue weighted by atomic mass is 16.6. The molecular formula is C23H36N2O3. The SMILES string of the molecule is CC12CCC(=NOCCC(=O)CN)C=C1CCC1C2CCC2(C)C(O)CCC12. The molecular weight excluding hydrogens is 352 g/mol. The van der Waals surface area contributed by atoms with Gasteiger partial charge < -0.3 is 15.7 Å². The van der Waals surface area contributed by atoms with Gasteiger partial charge in [-0.1, -0.05) is 24.6 Å². The van der Waals surface area contributed by atoms with Gasteiger partial charge in [0.1, 0.15) is 12.4 Å². The number of Topliss-reactive ketones (excluding diaryl/α,β-unsaturated/α-hetero) is 1. The summed E-state index contributed by atoms with van der Waals surface area (Å²) in [6.45, 7) is 5.20. The van der Waals surface area contributed by atoms with Crippen molar-refractivity contribution in [2.75, 3.05) is 13.2 Å². The fraction of sp³-hybridized carbons (Fsp3) is 0.826. The first-order valence-corrected chi connectivity index (χ1v) is 11.2. The number of fused-ring (bicyclic) bond motifs is 5. The molecule has 4 aliphatic carbocycles. The van der Waals surface area contributed by atoms with Crippen LogP contribution in [0.4, 0.5) is 0 Å². The van der Waals surface area contributed by atoms with Crippen LogP contribution in [0.1, 0.15) is 71.6 Å². The molecule has 0 saturated heterocycles. The van der Waals surface area contributed by atoms with Gasteiger partial charge in [-0.2, -0.15) is 0 Å². The van der Waals surface area contributed by atoms with Crippen LogP contribution in [0.3, 0.4) is 0 Å². The fourth-order valence-electron chi connectivity index (χ4n) is 7.01. The van der Waals surface area contributed by atoms with Gasteiger partial charge in [0.05, 0.1) is 18.4 Å². The van der Waals surface area contributed by atoms with Gasteiger partial charge in [-0.15, -0.1) is 0 Å². The molecule has 6 atom stereocenters. The van der Waals surface area contributed by atoms with E-state index in [-0.39, 0.29) is 29.3 Å². The summed E-state index contributed by atoms with van der Waals surface area (Å²) in [4.78, 5) is 16.7. The van der Waals surface area contributed by atoms with Crippen LogP contribution in [-0.4, -0.2) is 35.9 Å². The highest BCUT2D eigenvalue weighted by molar-refractivity contribution is 5.96. The van der Waals surface area contributed by atoms with E-state index < -0.39 is 0 Å². The second-order valence-corrected chi connectivity index (χ2v) is 10.0. The van der Waals surface area contributed by atoms with Crippen molar-refractivity contribution in [1.82, 2.24) is 0 Å². The summed E-state index contributed by atoms with van der Waals surface area (Å²) in [6, 6.07) is 0. The summed E-state index contributed by atoms with van der Waals surface area (Å²) in [6.07, 6.45) is 11.6. The van der Waals surface area contributed by atoms with E-state index in [2.05, 4.69) is 25.1 Å². The van der Waals surface area contributed by atoms with E-state index >= 15 is 0 Å². The normalized spacial score (nSPS) is 43.7. The van der Waals surface area contributed by atoms with Crippen molar-refractivity contribution in [3.05, 3.63) is 11.6 Å². The smallest absolute Gasteiger partial charge is 0.149 e. The van der Waals surface area contributed by atoms with Gasteiger partial charge in [0.25, 0.3) is 0 Å². The number of nitrogens with two attached hydrogens (primary N) is 1. The van der Waals surface area contributed by atoms with Gasteiger partial charge in [0.2, 0.25) is 0 Å². The van der Waals surface area contributed by atoms with Crippen molar-refractivity contribution in [3.63, 3.8) is 0 Å². The number of aliphatic hydroxyl groups excluding tert-OH is 1. The van der Waals surface area contributed by atoms with Crippen molar-refractivity contribution < 1.29 is 14.7 Å². The molecule has 0 spiro atoms. The average molecular weight is 389 g/mol. The second kappa shape index (κ2) is 7.56. The van der Waals surface area contributed by atoms with E-state index in [0.717, 1.165) is 43.2 Å². The summed E-state index contributed by atoms with van der Waals surface area (Å²) in [5.41, 5.74) is 8.30. The molecule has 0 amide bonds. The summed E-state index contributed by atoms with van der Waals surface area (Å²) in [5.74, 6) is 2.20. The molecule has 156 valence electrons. The van der Waals surface area contributed by atoms with E-state index in [1.807, 2.05) is 0 Å². The largest absolute Gasteiger partial charge is 0.395 e. The van der Waals surface area contributed by atoms with Crippen LogP contribution < -0.4 is 5.73 Å². The molecule has 5 heteroatoms. The maximum absolute atomic E-state index is 11.3. The van der Waals surface area contributed by atoms with Crippen LogP contribution >= 0.6 is 0 Å². The molecule has 0 heterocycles. The molecule has 0 radical (unpaired) electrons. The first-order chi connectivity index (χ1) is 13.4. The molecule has 3 saturated carbocycles. The molecule has 0 aromatic heterocycles.